The summed E-state index contributed by atoms with van der Waals surface area (Å²) in [6.07, 6.45) is 2.14. The number of aryl methyl sites for hydroxylation is 2. The molecule has 0 radical (unpaired) electrons. The van der Waals surface area contributed by atoms with Crippen LogP contribution in [0.2, 0.25) is 5.02 Å². The molecule has 0 spiro atoms. The molecule has 2 aromatic heterocycles. The molecule has 1 N–H and O–H groups in total. The Balaban J connectivity index is 1.65. The van der Waals surface area contributed by atoms with Crippen LogP contribution >= 0.6 is 11.6 Å². The normalized spacial score (nSPS) is 10.9. The number of benzene rings is 2. The van der Waals surface area contributed by atoms with Crippen molar-refractivity contribution in [3.05, 3.63) is 82.5 Å². The lowest BCUT2D eigenvalue weighted by molar-refractivity contribution is -0.116. The van der Waals surface area contributed by atoms with Gasteiger partial charge in [0.05, 0.1) is 18.3 Å². The van der Waals surface area contributed by atoms with E-state index in [9.17, 15) is 9.59 Å². The topological polar surface area (TPSA) is 86.1 Å². The van der Waals surface area contributed by atoms with E-state index >= 15 is 0 Å². The highest BCUT2D eigenvalue weighted by molar-refractivity contribution is 6.30. The van der Waals surface area contributed by atoms with Crippen molar-refractivity contribution in [1.82, 2.24) is 14.8 Å². The first-order valence-corrected chi connectivity index (χ1v) is 11.0. The van der Waals surface area contributed by atoms with Crippen LogP contribution in [0.15, 0.2) is 60.8 Å². The largest absolute Gasteiger partial charge is 0.462 e. The number of hydrogen-bond donors (Lipinski definition) is 1. The summed E-state index contributed by atoms with van der Waals surface area (Å²) in [4.78, 5) is 30.0. The molecule has 0 bridgehead atoms. The summed E-state index contributed by atoms with van der Waals surface area (Å²) in [6.45, 7) is 3.91. The molecule has 2 aromatic carbocycles. The fourth-order valence-corrected chi connectivity index (χ4v) is 3.67. The number of fused-ring (bicyclic) bond motifs is 1. The van der Waals surface area contributed by atoms with Crippen LogP contribution in [0.1, 0.15) is 34.8 Å². The fourth-order valence-electron chi connectivity index (χ4n) is 3.54. The van der Waals surface area contributed by atoms with Crippen molar-refractivity contribution in [3.8, 4) is 5.82 Å². The molecular weight excluding hydrogens is 440 g/mol. The zero-order chi connectivity index (χ0) is 23.4. The fraction of sp³-hybridized carbons (Fsp3) is 0.200. The maximum atomic E-state index is 12.8. The van der Waals surface area contributed by atoms with E-state index < -0.39 is 5.97 Å². The molecule has 2 heterocycles. The summed E-state index contributed by atoms with van der Waals surface area (Å²) in [6, 6.07) is 17.0. The van der Waals surface area contributed by atoms with Crippen LogP contribution in [0.3, 0.4) is 0 Å². The van der Waals surface area contributed by atoms with Crippen molar-refractivity contribution in [2.24, 2.45) is 0 Å². The molecule has 0 atom stereocenters. The van der Waals surface area contributed by atoms with Gasteiger partial charge in [0.15, 0.2) is 11.6 Å². The summed E-state index contributed by atoms with van der Waals surface area (Å²) in [7, 11) is 0. The zero-order valence-corrected chi connectivity index (χ0v) is 19.1. The van der Waals surface area contributed by atoms with E-state index in [1.54, 1.807) is 19.1 Å². The molecule has 4 rings (SSSR count). The summed E-state index contributed by atoms with van der Waals surface area (Å²) in [5.41, 5.74) is 2.95. The second-order valence-corrected chi connectivity index (χ2v) is 7.96. The summed E-state index contributed by atoms with van der Waals surface area (Å²) in [5.74, 6) is -0.0875. The highest BCUT2D eigenvalue weighted by Gasteiger charge is 2.22. The maximum absolute atomic E-state index is 12.8. The third-order valence-corrected chi connectivity index (χ3v) is 5.45. The van der Waals surface area contributed by atoms with Crippen molar-refractivity contribution in [2.45, 2.75) is 26.7 Å². The van der Waals surface area contributed by atoms with Gasteiger partial charge in [-0.05, 0) is 55.7 Å². The number of amides is 1. The Morgan fingerprint density at radius 2 is 1.88 bits per heavy atom. The monoisotopic (exact) mass is 462 g/mol. The van der Waals surface area contributed by atoms with E-state index in [1.165, 1.54) is 10.9 Å². The average molecular weight is 463 g/mol. The Labute approximate surface area is 196 Å². The molecule has 0 fully saturated rings. The summed E-state index contributed by atoms with van der Waals surface area (Å²) >= 11 is 5.93. The highest BCUT2D eigenvalue weighted by atomic mass is 35.5. The van der Waals surface area contributed by atoms with Gasteiger partial charge in [-0.2, -0.15) is 9.78 Å². The smallest absolute Gasteiger partial charge is 0.343 e. The Morgan fingerprint density at radius 3 is 2.64 bits per heavy atom. The van der Waals surface area contributed by atoms with Gasteiger partial charge in [-0.3, -0.25) is 4.79 Å². The molecule has 7 nitrogen and oxygen atoms in total. The van der Waals surface area contributed by atoms with Gasteiger partial charge in [0.2, 0.25) is 5.91 Å². The number of nitrogens with one attached hydrogen (secondary N) is 1. The molecule has 4 aromatic rings. The maximum Gasteiger partial charge on any atom is 0.343 e. The van der Waals surface area contributed by atoms with Crippen LogP contribution in [0, 0.1) is 6.92 Å². The molecular formula is C25H23ClN4O3. The first-order valence-electron chi connectivity index (χ1n) is 10.6. The van der Waals surface area contributed by atoms with E-state index in [0.717, 1.165) is 22.0 Å². The number of halogens is 1. The van der Waals surface area contributed by atoms with Crippen molar-refractivity contribution in [2.75, 3.05) is 11.9 Å². The third-order valence-electron chi connectivity index (χ3n) is 5.20. The molecule has 0 aliphatic carbocycles. The number of pyridine rings is 1. The standard InChI is InChI=1S/C25H23ClN4O3/c1-3-33-25(32)20-15-27-30(22-14-16(2)19-6-4-5-7-21(19)28-22)24(20)29-23(31)13-10-17-8-11-18(26)12-9-17/h4-9,11-12,14-15H,3,10,13H2,1-2H3,(H,29,31). The number of aromatic nitrogens is 3. The quantitative estimate of drug-likeness (QED) is 0.385. The van der Waals surface area contributed by atoms with Crippen LogP contribution < -0.4 is 5.32 Å². The van der Waals surface area contributed by atoms with Gasteiger partial charge in [0, 0.05) is 16.8 Å². The van der Waals surface area contributed by atoms with E-state index in [0.29, 0.717) is 17.3 Å². The Morgan fingerprint density at radius 1 is 1.12 bits per heavy atom. The Bertz CT molecular complexity index is 1320. The number of nitrogens with zero attached hydrogens (tertiary/aromatic N) is 3. The van der Waals surface area contributed by atoms with Crippen molar-refractivity contribution in [1.29, 1.82) is 0 Å². The summed E-state index contributed by atoms with van der Waals surface area (Å²) in [5, 5.41) is 8.85. The van der Waals surface area contributed by atoms with Crippen molar-refractivity contribution in [3.63, 3.8) is 0 Å². The molecule has 1 amide bonds. The number of hydrogen-bond acceptors (Lipinski definition) is 5. The Kier molecular flexibility index (Phi) is 6.70. The van der Waals surface area contributed by atoms with Gasteiger partial charge in [0.25, 0.3) is 0 Å². The molecule has 0 aliphatic heterocycles. The van der Waals surface area contributed by atoms with Gasteiger partial charge < -0.3 is 10.1 Å². The van der Waals surface area contributed by atoms with Crippen LogP contribution in [-0.4, -0.2) is 33.2 Å². The summed E-state index contributed by atoms with van der Waals surface area (Å²) < 4.78 is 6.62. The SMILES string of the molecule is CCOC(=O)c1cnn(-c2cc(C)c3ccccc3n2)c1NC(=O)CCc1ccc(Cl)cc1. The number of ether oxygens (including phenoxy) is 1. The van der Waals surface area contributed by atoms with E-state index in [1.807, 2.05) is 49.4 Å². The lowest BCUT2D eigenvalue weighted by Crippen LogP contribution is -2.18. The minimum atomic E-state index is -0.561. The lowest BCUT2D eigenvalue weighted by Gasteiger charge is -2.12. The first-order chi connectivity index (χ1) is 16.0. The van der Waals surface area contributed by atoms with Gasteiger partial charge in [-0.25, -0.2) is 9.78 Å². The predicted octanol–water partition coefficient (Wildman–Crippen LogP) is 5.13. The molecule has 168 valence electrons. The van der Waals surface area contributed by atoms with Crippen LogP contribution in [0.4, 0.5) is 5.82 Å². The number of esters is 1. The van der Waals surface area contributed by atoms with Gasteiger partial charge in [0.1, 0.15) is 5.56 Å². The van der Waals surface area contributed by atoms with E-state index in [4.69, 9.17) is 16.3 Å². The van der Waals surface area contributed by atoms with Crippen LogP contribution in [0.5, 0.6) is 0 Å². The number of carbonyl (C=O) groups excluding carboxylic acids is 2. The molecule has 33 heavy (non-hydrogen) atoms. The molecule has 0 aliphatic rings. The minimum absolute atomic E-state index is 0.171. The minimum Gasteiger partial charge on any atom is -0.462 e. The number of para-hydroxylation sites is 1. The average Bonchev–Trinajstić information content (AvgIpc) is 3.22. The second-order valence-electron chi connectivity index (χ2n) is 7.53. The van der Waals surface area contributed by atoms with E-state index in [2.05, 4.69) is 15.4 Å². The molecule has 0 saturated heterocycles. The van der Waals surface area contributed by atoms with Gasteiger partial charge >= 0.3 is 5.97 Å². The van der Waals surface area contributed by atoms with Gasteiger partial charge in [-0.1, -0.05) is 41.9 Å². The number of carbonyl (C=O) groups is 2. The predicted molar refractivity (Wildman–Crippen MR) is 128 cm³/mol. The van der Waals surface area contributed by atoms with Crippen molar-refractivity contribution >= 4 is 40.2 Å². The van der Waals surface area contributed by atoms with Crippen LogP contribution in [-0.2, 0) is 16.0 Å². The van der Waals surface area contributed by atoms with Crippen molar-refractivity contribution < 1.29 is 14.3 Å². The number of anilines is 1. The van der Waals surface area contributed by atoms with Gasteiger partial charge in [-0.15, -0.1) is 0 Å². The zero-order valence-electron chi connectivity index (χ0n) is 18.3. The van der Waals surface area contributed by atoms with Crippen LogP contribution in [0.25, 0.3) is 16.7 Å². The first kappa shape index (κ1) is 22.5. The highest BCUT2D eigenvalue weighted by Crippen LogP contribution is 2.25. The Hall–Kier alpha value is -3.71. The molecule has 0 unspecified atom stereocenters. The third kappa shape index (κ3) is 5.04. The lowest BCUT2D eigenvalue weighted by atomic mass is 10.1. The van der Waals surface area contributed by atoms with E-state index in [-0.39, 0.29) is 30.3 Å². The molecule has 0 saturated carbocycles. The number of rotatable bonds is 7. The molecule has 8 heteroatoms. The second kappa shape index (κ2) is 9.83.